The van der Waals surface area contributed by atoms with E-state index in [0.29, 0.717) is 0 Å². The van der Waals surface area contributed by atoms with Crippen LogP contribution in [0.25, 0.3) is 239 Å². The maximum Gasteiger partial charge on any atom is 0.145 e. The Bertz CT molecular complexity index is 8380. The fourth-order valence-electron chi connectivity index (χ4n) is 18.3. The number of nitrogens with zero attached hydrogens (tertiary/aromatic N) is 16. The molecule has 0 N–H and O–H groups in total. The lowest BCUT2D eigenvalue weighted by Crippen LogP contribution is -1.96. The fourth-order valence-corrected chi connectivity index (χ4v) is 21.9. The minimum Gasteiger partial charge on any atom is -0.309 e. The Morgan fingerprint density at radius 2 is 0.434 bits per heavy atom. The number of para-hydroxylation sites is 2. The van der Waals surface area contributed by atoms with Crippen LogP contribution >= 0.6 is 45.3 Å². The van der Waals surface area contributed by atoms with E-state index in [9.17, 15) is 0 Å². The lowest BCUT2D eigenvalue weighted by molar-refractivity contribution is 1.11. The van der Waals surface area contributed by atoms with E-state index in [-0.39, 0.29) is 0 Å². The van der Waals surface area contributed by atoms with Crippen molar-refractivity contribution in [3.8, 4) is 110 Å². The first-order valence-corrected chi connectivity index (χ1v) is 47.7. The second kappa shape index (κ2) is 34.7. The van der Waals surface area contributed by atoms with Crippen LogP contribution in [0.15, 0.2) is 438 Å². The number of benzene rings is 12. The van der Waals surface area contributed by atoms with E-state index in [0.717, 1.165) is 145 Å². The van der Waals surface area contributed by atoms with Gasteiger partial charge in [0.05, 0.1) is 68.3 Å². The third-order valence-corrected chi connectivity index (χ3v) is 28.7. The molecule has 0 fully saturated rings. The molecular weight excluding hydrogens is 1750 g/mol. The molecule has 136 heavy (non-hydrogen) atoms. The van der Waals surface area contributed by atoms with Crippen molar-refractivity contribution in [2.75, 3.05) is 0 Å². The number of aromatic nitrogens is 16. The molecule has 0 aliphatic heterocycles. The first-order chi connectivity index (χ1) is 67.4. The first kappa shape index (κ1) is 80.7. The highest BCUT2D eigenvalue weighted by Crippen LogP contribution is 2.43. The summed E-state index contributed by atoms with van der Waals surface area (Å²) in [5.41, 5.74) is 30.4. The SMILES string of the molecule is c1ccc(-c2ccc3c(c2)c2cc(-c4ccccc4)ccc2n3-c2ccc(-c3nc4cccnc4s3)cc2)cc1.c1ccc(-c2ccc3c(c2)c2cc(-c4ccccc4)ccc2n3-c2ccc(-c3nc4cccnc4s3)nc2)cc1.c1cnc2sc(-c3ccc(-n4c5ccccc5c5cccnc54)cc3)nc2c1.c1cnc2sc(-c3ccc(-n4c5ccccc5c5cccnc54)cn3)nc2c1. The van der Waals surface area contributed by atoms with Gasteiger partial charge < -0.3 is 9.13 Å². The maximum absolute atomic E-state index is 4.84. The number of rotatable bonds is 12. The summed E-state index contributed by atoms with van der Waals surface area (Å²) in [6.45, 7) is 0. The standard InChI is InChI=1S/C36H23N3S.C35H22N4S.C23H14N4S.C22H13N5S/c1-3-8-24(9-4-1)27-15-19-33-30(22-27)31-23-28(25-10-5-2-6-11-25)16-20-34(31)39(33)29-17-13-26(14-18-29)35-38-32-12-7-21-37-36(32)40-35;1-3-8-23(9-4-1)25-13-17-32-28(20-25)29-21-26(24-10-5-2-6-11-24)14-18-33(29)39(32)27-15-16-30(37-22-27)35-38-31-12-7-19-36-34(31)40-35;1-2-8-20-17(5-1)18-6-3-13-24-21(18)27(20)16-11-9-15(10-12-16)22-26-19-7-4-14-25-23(19)28-22;1-2-8-19-15(5-1)16-6-3-11-23-20(16)27(19)14-9-10-17(25-13-14)22-26-18-7-4-12-24-21(18)28-22/h1-23H;1-22H;1-14H;1-13H. The van der Waals surface area contributed by atoms with E-state index < -0.39 is 0 Å². The largest absolute Gasteiger partial charge is 0.309 e. The summed E-state index contributed by atoms with van der Waals surface area (Å²) in [6.07, 6.45) is 14.7. The van der Waals surface area contributed by atoms with Crippen LogP contribution in [0.4, 0.5) is 0 Å². The minimum absolute atomic E-state index is 0.848. The van der Waals surface area contributed by atoms with Gasteiger partial charge in [-0.3, -0.25) is 19.1 Å². The summed E-state index contributed by atoms with van der Waals surface area (Å²) in [6, 6.07) is 136. The van der Waals surface area contributed by atoms with Crippen LogP contribution < -0.4 is 0 Å². The Balaban J connectivity index is 0.0000000979. The monoisotopic (exact) mass is 1820 g/mol. The number of thiazole rings is 4. The Morgan fingerprint density at radius 3 is 0.779 bits per heavy atom. The third-order valence-electron chi connectivity index (χ3n) is 24.7. The van der Waals surface area contributed by atoms with E-state index in [1.54, 1.807) is 57.7 Å². The van der Waals surface area contributed by atoms with Gasteiger partial charge in [0.25, 0.3) is 0 Å². The Hall–Kier alpha value is -17.4. The zero-order chi connectivity index (χ0) is 89.9. The third kappa shape index (κ3) is 15.0. The summed E-state index contributed by atoms with van der Waals surface area (Å²) >= 11 is 6.37. The zero-order valence-electron chi connectivity index (χ0n) is 72.4. The molecule has 0 saturated heterocycles. The van der Waals surface area contributed by atoms with E-state index >= 15 is 0 Å². The average Bonchev–Trinajstić information content (AvgIpc) is 1.61. The van der Waals surface area contributed by atoms with E-state index in [2.05, 4.69) is 374 Å². The molecule has 0 saturated carbocycles. The number of fused-ring (bicyclic) bond motifs is 16. The van der Waals surface area contributed by atoms with Crippen molar-refractivity contribution in [3.63, 3.8) is 0 Å². The highest BCUT2D eigenvalue weighted by Gasteiger charge is 2.22. The predicted molar refractivity (Wildman–Crippen MR) is 562 cm³/mol. The number of hydrogen-bond acceptors (Lipinski definition) is 16. The normalized spacial score (nSPS) is 11.5. The molecule has 28 aromatic rings. The second-order valence-corrected chi connectivity index (χ2v) is 36.7. The summed E-state index contributed by atoms with van der Waals surface area (Å²) in [7, 11) is 0. The van der Waals surface area contributed by atoms with Gasteiger partial charge >= 0.3 is 0 Å². The van der Waals surface area contributed by atoms with Crippen LogP contribution in [0.2, 0.25) is 0 Å². The topological polar surface area (TPSA) is 174 Å². The zero-order valence-corrected chi connectivity index (χ0v) is 75.6. The molecule has 0 aliphatic rings. The van der Waals surface area contributed by atoms with Crippen LogP contribution in [-0.4, -0.2) is 78.1 Å². The molecule has 0 spiro atoms. The minimum atomic E-state index is 0.848. The molecule has 0 bridgehead atoms. The first-order valence-electron chi connectivity index (χ1n) is 44.5. The van der Waals surface area contributed by atoms with Crippen LogP contribution in [0.1, 0.15) is 0 Å². The summed E-state index contributed by atoms with van der Waals surface area (Å²) in [5.74, 6) is 0. The average molecular weight is 1820 g/mol. The van der Waals surface area contributed by atoms with Crippen molar-refractivity contribution in [2.24, 2.45) is 0 Å². The molecule has 12 aromatic carbocycles. The van der Waals surface area contributed by atoms with Gasteiger partial charge in [-0.25, -0.2) is 49.8 Å². The molecule has 0 amide bonds. The molecule has 28 rings (SSSR count). The quantitative estimate of drug-likeness (QED) is 0.113. The van der Waals surface area contributed by atoms with Crippen LogP contribution in [0.5, 0.6) is 0 Å². The van der Waals surface area contributed by atoms with Crippen LogP contribution in [-0.2, 0) is 0 Å². The van der Waals surface area contributed by atoms with Crippen molar-refractivity contribution < 1.29 is 0 Å². The van der Waals surface area contributed by atoms with E-state index in [4.69, 9.17) is 19.9 Å². The van der Waals surface area contributed by atoms with Gasteiger partial charge in [0.2, 0.25) is 0 Å². The molecule has 16 heterocycles. The van der Waals surface area contributed by atoms with Crippen LogP contribution in [0.3, 0.4) is 0 Å². The summed E-state index contributed by atoms with van der Waals surface area (Å²) in [5, 5.41) is 13.4. The molecule has 0 radical (unpaired) electrons. The molecule has 640 valence electrons. The fraction of sp³-hybridized carbons (Fsp3) is 0. The Labute approximate surface area is 793 Å². The van der Waals surface area contributed by atoms with Crippen molar-refractivity contribution in [3.05, 3.63) is 438 Å². The van der Waals surface area contributed by atoms with Gasteiger partial charge in [-0.05, 0) is 251 Å². The Kier molecular flexibility index (Phi) is 20.6. The highest BCUT2D eigenvalue weighted by molar-refractivity contribution is 7.22. The van der Waals surface area contributed by atoms with E-state index in [1.807, 2.05) is 110 Å². The summed E-state index contributed by atoms with van der Waals surface area (Å²) in [4.78, 5) is 59.1. The van der Waals surface area contributed by atoms with Gasteiger partial charge in [0, 0.05) is 103 Å². The molecule has 16 aromatic heterocycles. The second-order valence-electron chi connectivity index (χ2n) is 32.8. The predicted octanol–water partition coefficient (Wildman–Crippen LogP) is 30.1. The van der Waals surface area contributed by atoms with E-state index in [1.165, 1.54) is 93.2 Å². The van der Waals surface area contributed by atoms with Crippen LogP contribution in [0, 0.1) is 0 Å². The molecule has 0 aliphatic carbocycles. The highest BCUT2D eigenvalue weighted by atomic mass is 32.1. The Morgan fingerprint density at radius 1 is 0.169 bits per heavy atom. The molecule has 0 unspecified atom stereocenters. The molecule has 0 atom stereocenters. The van der Waals surface area contributed by atoms with Gasteiger partial charge in [0.1, 0.15) is 72.7 Å². The van der Waals surface area contributed by atoms with Gasteiger partial charge in [-0.15, -0.1) is 0 Å². The van der Waals surface area contributed by atoms with Crippen molar-refractivity contribution in [1.29, 1.82) is 0 Å². The molecule has 16 nitrogen and oxygen atoms in total. The molecular formula is C116H72N16S4. The lowest BCUT2D eigenvalue weighted by atomic mass is 10.0. The number of pyridine rings is 8. The van der Waals surface area contributed by atoms with Crippen molar-refractivity contribution in [1.82, 2.24) is 78.1 Å². The van der Waals surface area contributed by atoms with Gasteiger partial charge in [0.15, 0.2) is 0 Å². The molecule has 20 heteroatoms. The van der Waals surface area contributed by atoms with Gasteiger partial charge in [-0.2, -0.15) is 0 Å². The number of hydrogen-bond donors (Lipinski definition) is 0. The van der Waals surface area contributed by atoms with Gasteiger partial charge in [-0.1, -0.05) is 227 Å². The summed E-state index contributed by atoms with van der Waals surface area (Å²) < 4.78 is 9.05. The smallest absolute Gasteiger partial charge is 0.145 e. The van der Waals surface area contributed by atoms with Crippen molar-refractivity contribution in [2.45, 2.75) is 0 Å². The lowest BCUT2D eigenvalue weighted by Gasteiger charge is -2.09. The maximum atomic E-state index is 4.84. The van der Waals surface area contributed by atoms with Crippen molar-refractivity contribution >= 4 is 174 Å².